The largest absolute Gasteiger partial charge is 0.411 e. The Balaban J connectivity index is 3.09. The van der Waals surface area contributed by atoms with Crippen molar-refractivity contribution < 1.29 is 10.3 Å². The molecule has 0 aromatic heterocycles. The minimum absolute atomic E-state index is 0.122. The van der Waals surface area contributed by atoms with Gasteiger partial charge in [0.15, 0.2) is 5.75 Å². The van der Waals surface area contributed by atoms with Crippen molar-refractivity contribution >= 4 is 6.21 Å². The molecule has 0 aliphatic heterocycles. The molecule has 0 saturated heterocycles. The van der Waals surface area contributed by atoms with E-state index in [1.807, 2.05) is 6.92 Å². The predicted octanol–water partition coefficient (Wildman–Crippen LogP) is 1.95. The van der Waals surface area contributed by atoms with Gasteiger partial charge in [0, 0.05) is 5.56 Å². The van der Waals surface area contributed by atoms with Gasteiger partial charge in [0.1, 0.15) is 0 Å². The minimum atomic E-state index is -0.122. The van der Waals surface area contributed by atoms with Crippen molar-refractivity contribution in [3.05, 3.63) is 29.3 Å². The summed E-state index contributed by atoms with van der Waals surface area (Å²) in [5.74, 6) is -0.122. The third-order valence-electron chi connectivity index (χ3n) is 1.37. The number of hydrogen-bond donors (Lipinski definition) is 1. The summed E-state index contributed by atoms with van der Waals surface area (Å²) in [6.45, 7) is 1.83. The lowest BCUT2D eigenvalue weighted by molar-refractivity contribution is 0.320. The molecular formula is C8H8NO2. The van der Waals surface area contributed by atoms with E-state index in [-0.39, 0.29) is 5.75 Å². The van der Waals surface area contributed by atoms with Crippen molar-refractivity contribution in [3.8, 4) is 5.75 Å². The van der Waals surface area contributed by atoms with Gasteiger partial charge in [-0.15, -0.1) is 0 Å². The summed E-state index contributed by atoms with van der Waals surface area (Å²) in [5.41, 5.74) is 1.31. The van der Waals surface area contributed by atoms with Crippen molar-refractivity contribution in [1.82, 2.24) is 0 Å². The molecule has 11 heavy (non-hydrogen) atoms. The molecule has 1 rings (SSSR count). The molecule has 0 atom stereocenters. The third-order valence-corrected chi connectivity index (χ3v) is 1.37. The Labute approximate surface area is 64.6 Å². The highest BCUT2D eigenvalue weighted by Crippen LogP contribution is 2.16. The van der Waals surface area contributed by atoms with E-state index >= 15 is 0 Å². The van der Waals surface area contributed by atoms with Gasteiger partial charge in [0.25, 0.3) is 0 Å². The van der Waals surface area contributed by atoms with Crippen molar-refractivity contribution in [2.24, 2.45) is 5.16 Å². The molecule has 1 radical (unpaired) electrons. The average Bonchev–Trinajstić information content (AvgIpc) is 1.95. The van der Waals surface area contributed by atoms with Gasteiger partial charge in [0.2, 0.25) is 0 Å². The molecule has 0 heterocycles. The predicted molar refractivity (Wildman–Crippen MR) is 40.7 cm³/mol. The molecule has 0 amide bonds. The lowest BCUT2D eigenvalue weighted by atomic mass is 10.1. The van der Waals surface area contributed by atoms with Crippen LogP contribution in [0, 0.1) is 6.92 Å². The highest BCUT2D eigenvalue weighted by Gasteiger charge is 1.98. The summed E-state index contributed by atoms with van der Waals surface area (Å²) in [6, 6.07) is 4.91. The number of nitrogens with zero attached hydrogens (tertiary/aromatic N) is 1. The first-order valence-electron chi connectivity index (χ1n) is 3.19. The summed E-state index contributed by atoms with van der Waals surface area (Å²) in [4.78, 5) is 0. The summed E-state index contributed by atoms with van der Waals surface area (Å²) >= 11 is 0. The smallest absolute Gasteiger partial charge is 0.187 e. The van der Waals surface area contributed by atoms with Crippen molar-refractivity contribution in [2.45, 2.75) is 6.92 Å². The Morgan fingerprint density at radius 1 is 1.55 bits per heavy atom. The number of oxime groups is 1. The van der Waals surface area contributed by atoms with Crippen molar-refractivity contribution in [3.63, 3.8) is 0 Å². The van der Waals surface area contributed by atoms with E-state index < -0.39 is 0 Å². The van der Waals surface area contributed by atoms with E-state index in [9.17, 15) is 5.11 Å². The Kier molecular flexibility index (Phi) is 2.11. The number of hydrogen-bond acceptors (Lipinski definition) is 2. The Morgan fingerprint density at radius 2 is 2.27 bits per heavy atom. The molecular weight excluding hydrogens is 142 g/mol. The number of rotatable bonds is 1. The van der Waals surface area contributed by atoms with E-state index in [2.05, 4.69) is 5.16 Å². The van der Waals surface area contributed by atoms with Gasteiger partial charge in [-0.25, -0.2) is 0 Å². The second-order valence-corrected chi connectivity index (χ2v) is 2.29. The second kappa shape index (κ2) is 3.05. The van der Waals surface area contributed by atoms with Crippen LogP contribution in [-0.2, 0) is 5.11 Å². The molecule has 0 fully saturated rings. The van der Waals surface area contributed by atoms with Gasteiger partial charge in [-0.05, 0) is 24.6 Å². The van der Waals surface area contributed by atoms with Crippen LogP contribution in [0.4, 0.5) is 0 Å². The Hall–Kier alpha value is -1.51. The van der Waals surface area contributed by atoms with Gasteiger partial charge in [-0.1, -0.05) is 11.2 Å². The zero-order valence-corrected chi connectivity index (χ0v) is 6.11. The monoisotopic (exact) mass is 150 g/mol. The Morgan fingerprint density at radius 3 is 2.82 bits per heavy atom. The van der Waals surface area contributed by atoms with Gasteiger partial charge < -0.3 is 5.21 Å². The maximum absolute atomic E-state index is 11.0. The highest BCUT2D eigenvalue weighted by molar-refractivity contribution is 5.82. The fourth-order valence-electron chi connectivity index (χ4n) is 0.810. The molecule has 1 N–H and O–H groups in total. The molecule has 3 heteroatoms. The number of aryl methyl sites for hydroxylation is 1. The van der Waals surface area contributed by atoms with Crippen LogP contribution in [0.2, 0.25) is 0 Å². The molecule has 0 aliphatic carbocycles. The SMILES string of the molecule is Cc1ccc(/C=N\O)c([O])c1. The highest BCUT2D eigenvalue weighted by atomic mass is 16.4. The molecule has 0 spiro atoms. The van der Waals surface area contributed by atoms with Crippen LogP contribution in [0.25, 0.3) is 0 Å². The van der Waals surface area contributed by atoms with Crippen LogP contribution in [0.3, 0.4) is 0 Å². The first kappa shape index (κ1) is 7.60. The minimum Gasteiger partial charge on any atom is -0.411 e. The van der Waals surface area contributed by atoms with E-state index in [4.69, 9.17) is 5.21 Å². The lowest BCUT2D eigenvalue weighted by Crippen LogP contribution is -1.81. The summed E-state index contributed by atoms with van der Waals surface area (Å²) < 4.78 is 0. The normalized spacial score (nSPS) is 10.6. The van der Waals surface area contributed by atoms with Crippen molar-refractivity contribution in [1.29, 1.82) is 0 Å². The zero-order chi connectivity index (χ0) is 8.27. The molecule has 57 valence electrons. The maximum Gasteiger partial charge on any atom is 0.187 e. The summed E-state index contributed by atoms with van der Waals surface area (Å²) in [7, 11) is 0. The first-order valence-corrected chi connectivity index (χ1v) is 3.19. The van der Waals surface area contributed by atoms with Crippen LogP contribution < -0.4 is 0 Å². The van der Waals surface area contributed by atoms with Crippen LogP contribution in [0.5, 0.6) is 5.75 Å². The fraction of sp³-hybridized carbons (Fsp3) is 0.125. The molecule has 0 bridgehead atoms. The van der Waals surface area contributed by atoms with Crippen LogP contribution in [0.1, 0.15) is 11.1 Å². The molecule has 1 aromatic carbocycles. The van der Waals surface area contributed by atoms with Gasteiger partial charge >= 0.3 is 0 Å². The average molecular weight is 150 g/mol. The molecule has 3 nitrogen and oxygen atoms in total. The van der Waals surface area contributed by atoms with E-state index in [1.54, 1.807) is 12.1 Å². The second-order valence-electron chi connectivity index (χ2n) is 2.29. The van der Waals surface area contributed by atoms with Crippen molar-refractivity contribution in [2.75, 3.05) is 0 Å². The zero-order valence-electron chi connectivity index (χ0n) is 6.11. The van der Waals surface area contributed by atoms with E-state index in [0.29, 0.717) is 5.56 Å². The topological polar surface area (TPSA) is 52.5 Å². The summed E-state index contributed by atoms with van der Waals surface area (Å²) in [6.07, 6.45) is 1.13. The van der Waals surface area contributed by atoms with Crippen LogP contribution in [0.15, 0.2) is 23.4 Å². The first-order chi connectivity index (χ1) is 5.24. The third kappa shape index (κ3) is 1.70. The Bertz CT molecular complexity index is 281. The lowest BCUT2D eigenvalue weighted by Gasteiger charge is -1.94. The molecule has 0 saturated carbocycles. The standard InChI is InChI=1S/C8H8NO2/c1-6-2-3-7(5-9-11)8(10)4-6/h2-5,11H,1H3/b9-5-. The van der Waals surface area contributed by atoms with E-state index in [0.717, 1.165) is 11.8 Å². The van der Waals surface area contributed by atoms with Gasteiger partial charge in [-0.2, -0.15) is 0 Å². The maximum atomic E-state index is 11.0. The van der Waals surface area contributed by atoms with Gasteiger partial charge in [0.05, 0.1) is 6.21 Å². The van der Waals surface area contributed by atoms with E-state index in [1.165, 1.54) is 6.07 Å². The fourth-order valence-corrected chi connectivity index (χ4v) is 0.810. The van der Waals surface area contributed by atoms with Gasteiger partial charge in [-0.3, -0.25) is 5.11 Å². The molecule has 0 aliphatic rings. The van der Waals surface area contributed by atoms with Crippen LogP contribution >= 0.6 is 0 Å². The molecule has 1 aromatic rings. The summed E-state index contributed by atoms with van der Waals surface area (Å²) in [5, 5.41) is 21.9. The quantitative estimate of drug-likeness (QED) is 0.371. The molecule has 0 unspecified atom stereocenters. The van der Waals surface area contributed by atoms with Crippen LogP contribution in [-0.4, -0.2) is 11.4 Å². The number of benzene rings is 1.